The Morgan fingerprint density at radius 2 is 2.32 bits per heavy atom. The van der Waals surface area contributed by atoms with E-state index in [4.69, 9.17) is 4.74 Å². The Labute approximate surface area is 118 Å². The van der Waals surface area contributed by atoms with Crippen molar-refractivity contribution >= 4 is 17.8 Å². The molecule has 0 aromatic heterocycles. The van der Waals surface area contributed by atoms with Gasteiger partial charge in [0.05, 0.1) is 12.6 Å². The van der Waals surface area contributed by atoms with Gasteiger partial charge in [-0.3, -0.25) is 0 Å². The molecule has 19 heavy (non-hydrogen) atoms. The first-order valence-electron chi connectivity index (χ1n) is 6.47. The van der Waals surface area contributed by atoms with Crippen LogP contribution in [-0.2, 0) is 17.0 Å². The molecule has 2 amide bonds. The fourth-order valence-corrected chi connectivity index (χ4v) is 2.58. The van der Waals surface area contributed by atoms with E-state index < -0.39 is 0 Å². The topological polar surface area (TPSA) is 50.4 Å². The summed E-state index contributed by atoms with van der Waals surface area (Å²) in [5, 5.41) is 5.79. The van der Waals surface area contributed by atoms with Gasteiger partial charge in [-0.05, 0) is 23.8 Å². The van der Waals surface area contributed by atoms with E-state index in [0.29, 0.717) is 13.2 Å². The minimum Gasteiger partial charge on any atom is -0.379 e. The molecule has 2 N–H and O–H groups in total. The van der Waals surface area contributed by atoms with Crippen molar-refractivity contribution in [3.63, 3.8) is 0 Å². The molecule has 1 heterocycles. The maximum Gasteiger partial charge on any atom is 0.315 e. The summed E-state index contributed by atoms with van der Waals surface area (Å²) >= 11 is 1.80. The highest BCUT2D eigenvalue weighted by Gasteiger charge is 2.17. The van der Waals surface area contributed by atoms with Gasteiger partial charge in [0.25, 0.3) is 0 Å². The number of carbonyl (C=O) groups is 1. The summed E-state index contributed by atoms with van der Waals surface area (Å²) in [6.45, 7) is 1.92. The van der Waals surface area contributed by atoms with Gasteiger partial charge in [-0.25, -0.2) is 4.79 Å². The van der Waals surface area contributed by atoms with Crippen LogP contribution in [0.4, 0.5) is 4.79 Å². The van der Waals surface area contributed by atoms with Crippen LogP contribution < -0.4 is 10.6 Å². The maximum absolute atomic E-state index is 11.7. The molecule has 1 fully saturated rings. The van der Waals surface area contributed by atoms with Crippen molar-refractivity contribution in [2.75, 3.05) is 19.5 Å². The van der Waals surface area contributed by atoms with Crippen LogP contribution in [0.3, 0.4) is 0 Å². The molecule has 0 spiro atoms. The van der Waals surface area contributed by atoms with Crippen molar-refractivity contribution in [3.05, 3.63) is 35.4 Å². The zero-order chi connectivity index (χ0) is 13.5. The number of carbonyl (C=O) groups excluding carboxylic acids is 1. The molecule has 0 unspecified atom stereocenters. The van der Waals surface area contributed by atoms with E-state index in [1.807, 2.05) is 12.1 Å². The minimum absolute atomic E-state index is 0.120. The van der Waals surface area contributed by atoms with Crippen LogP contribution in [0.5, 0.6) is 0 Å². The predicted molar refractivity (Wildman–Crippen MR) is 78.3 cm³/mol. The second-order valence-electron chi connectivity index (χ2n) is 4.64. The Hall–Kier alpha value is -1.20. The van der Waals surface area contributed by atoms with E-state index in [0.717, 1.165) is 24.3 Å². The third-order valence-corrected chi connectivity index (χ3v) is 3.64. The van der Waals surface area contributed by atoms with Gasteiger partial charge in [-0.2, -0.15) is 11.8 Å². The Morgan fingerprint density at radius 1 is 1.47 bits per heavy atom. The smallest absolute Gasteiger partial charge is 0.315 e. The van der Waals surface area contributed by atoms with Crippen molar-refractivity contribution in [1.82, 2.24) is 10.6 Å². The van der Waals surface area contributed by atoms with Crippen LogP contribution in [-0.4, -0.2) is 31.5 Å². The number of hydrogen-bond acceptors (Lipinski definition) is 3. The molecule has 0 radical (unpaired) electrons. The average Bonchev–Trinajstić information content (AvgIpc) is 2.90. The lowest BCUT2D eigenvalue weighted by Crippen LogP contribution is -2.42. The van der Waals surface area contributed by atoms with E-state index in [2.05, 4.69) is 29.0 Å². The lowest BCUT2D eigenvalue weighted by Gasteiger charge is -2.12. The van der Waals surface area contributed by atoms with Crippen molar-refractivity contribution in [2.24, 2.45) is 0 Å². The van der Waals surface area contributed by atoms with Gasteiger partial charge in [0.2, 0.25) is 0 Å². The second kappa shape index (κ2) is 7.40. The third kappa shape index (κ3) is 4.76. The molecule has 0 saturated carbocycles. The number of rotatable bonds is 5. The second-order valence-corrected chi connectivity index (χ2v) is 5.51. The lowest BCUT2D eigenvalue weighted by atomic mass is 10.1. The Balaban J connectivity index is 1.77. The summed E-state index contributed by atoms with van der Waals surface area (Å²) < 4.78 is 5.22. The van der Waals surface area contributed by atoms with E-state index >= 15 is 0 Å². The number of nitrogens with one attached hydrogen (secondary N) is 2. The minimum atomic E-state index is -0.120. The van der Waals surface area contributed by atoms with Crippen LogP contribution in [0, 0.1) is 0 Å². The molecule has 1 aliphatic heterocycles. The summed E-state index contributed by atoms with van der Waals surface area (Å²) in [6.07, 6.45) is 2.98. The standard InChI is InChI=1S/C14H20N2O2S/c1-19-10-12-4-2-3-11(7-12)8-15-14(17)16-13-5-6-18-9-13/h2-4,7,13H,5-6,8-10H2,1H3,(H2,15,16,17)/t13-/m0/s1. The number of amides is 2. The molecule has 1 aromatic rings. The van der Waals surface area contributed by atoms with Gasteiger partial charge < -0.3 is 15.4 Å². The van der Waals surface area contributed by atoms with Gasteiger partial charge in [-0.1, -0.05) is 24.3 Å². The maximum atomic E-state index is 11.7. The molecule has 1 atom stereocenters. The first-order valence-corrected chi connectivity index (χ1v) is 7.86. The molecule has 5 heteroatoms. The number of hydrogen-bond donors (Lipinski definition) is 2. The van der Waals surface area contributed by atoms with Crippen LogP contribution in [0.2, 0.25) is 0 Å². The summed E-state index contributed by atoms with van der Waals surface area (Å²) in [5.74, 6) is 0.999. The Bertz CT molecular complexity index is 420. The summed E-state index contributed by atoms with van der Waals surface area (Å²) in [5.41, 5.74) is 2.42. The van der Waals surface area contributed by atoms with E-state index in [1.54, 1.807) is 11.8 Å². The molecule has 0 aliphatic carbocycles. The van der Waals surface area contributed by atoms with E-state index in [1.165, 1.54) is 5.56 Å². The number of thioether (sulfide) groups is 1. The molecule has 1 aliphatic rings. The first kappa shape index (κ1) is 14.2. The average molecular weight is 280 g/mol. The molecule has 4 nitrogen and oxygen atoms in total. The number of ether oxygens (including phenoxy) is 1. The first-order chi connectivity index (χ1) is 9.28. The summed E-state index contributed by atoms with van der Waals surface area (Å²) in [6, 6.07) is 8.34. The molecule has 104 valence electrons. The van der Waals surface area contributed by atoms with Gasteiger partial charge in [0.1, 0.15) is 0 Å². The van der Waals surface area contributed by atoms with Crippen LogP contribution in [0.1, 0.15) is 17.5 Å². The lowest BCUT2D eigenvalue weighted by molar-refractivity contribution is 0.188. The highest BCUT2D eigenvalue weighted by Crippen LogP contribution is 2.11. The number of benzene rings is 1. The fourth-order valence-electron chi connectivity index (χ4n) is 2.06. The van der Waals surface area contributed by atoms with E-state index in [-0.39, 0.29) is 12.1 Å². The Kier molecular flexibility index (Phi) is 5.54. The Morgan fingerprint density at radius 3 is 3.05 bits per heavy atom. The fraction of sp³-hybridized carbons (Fsp3) is 0.500. The summed E-state index contributed by atoms with van der Waals surface area (Å²) in [4.78, 5) is 11.7. The monoisotopic (exact) mass is 280 g/mol. The van der Waals surface area contributed by atoms with Crippen LogP contribution >= 0.6 is 11.8 Å². The van der Waals surface area contributed by atoms with Crippen molar-refractivity contribution in [1.29, 1.82) is 0 Å². The highest BCUT2D eigenvalue weighted by atomic mass is 32.2. The third-order valence-electron chi connectivity index (χ3n) is 3.02. The SMILES string of the molecule is CSCc1cccc(CNC(=O)N[C@H]2CCOC2)c1. The van der Waals surface area contributed by atoms with Crippen LogP contribution in [0.15, 0.2) is 24.3 Å². The molecule has 0 bridgehead atoms. The largest absolute Gasteiger partial charge is 0.379 e. The van der Waals surface area contributed by atoms with Gasteiger partial charge in [-0.15, -0.1) is 0 Å². The quantitative estimate of drug-likeness (QED) is 0.869. The van der Waals surface area contributed by atoms with Crippen molar-refractivity contribution in [2.45, 2.75) is 24.8 Å². The molecule has 2 rings (SSSR count). The van der Waals surface area contributed by atoms with Gasteiger partial charge in [0.15, 0.2) is 0 Å². The van der Waals surface area contributed by atoms with Gasteiger partial charge >= 0.3 is 6.03 Å². The van der Waals surface area contributed by atoms with Crippen LogP contribution in [0.25, 0.3) is 0 Å². The normalized spacial score (nSPS) is 18.3. The predicted octanol–water partition coefficient (Wildman–Crippen LogP) is 2.14. The zero-order valence-electron chi connectivity index (χ0n) is 11.1. The molecular weight excluding hydrogens is 260 g/mol. The zero-order valence-corrected chi connectivity index (χ0v) is 12.0. The molecule has 1 aromatic carbocycles. The highest BCUT2D eigenvalue weighted by molar-refractivity contribution is 7.97. The van der Waals surface area contributed by atoms with Crippen molar-refractivity contribution < 1.29 is 9.53 Å². The van der Waals surface area contributed by atoms with Gasteiger partial charge in [0, 0.05) is 18.9 Å². The number of urea groups is 1. The molecular formula is C14H20N2O2S. The van der Waals surface area contributed by atoms with Crippen molar-refractivity contribution in [3.8, 4) is 0 Å². The van der Waals surface area contributed by atoms with E-state index in [9.17, 15) is 4.79 Å². The summed E-state index contributed by atoms with van der Waals surface area (Å²) in [7, 11) is 0. The molecule has 1 saturated heterocycles.